The van der Waals surface area contributed by atoms with Gasteiger partial charge in [0.25, 0.3) is 0 Å². The van der Waals surface area contributed by atoms with E-state index in [1.165, 1.54) is 12.8 Å². The van der Waals surface area contributed by atoms with Gasteiger partial charge < -0.3 is 5.11 Å². The third kappa shape index (κ3) is 2.19. The highest BCUT2D eigenvalue weighted by Crippen LogP contribution is 2.54. The van der Waals surface area contributed by atoms with Crippen molar-refractivity contribution >= 4 is 29.0 Å². The molecule has 1 saturated carbocycles. The first-order valence-corrected chi connectivity index (χ1v) is 8.51. The van der Waals surface area contributed by atoms with Gasteiger partial charge in [-0.3, -0.25) is 4.79 Å². The lowest BCUT2D eigenvalue weighted by Crippen LogP contribution is -2.35. The number of halogens is 2. The molecule has 0 spiro atoms. The van der Waals surface area contributed by atoms with Crippen LogP contribution in [-0.4, -0.2) is 10.9 Å². The van der Waals surface area contributed by atoms with Gasteiger partial charge in [0.05, 0.1) is 5.02 Å². The Balaban J connectivity index is 2.10. The number of carbonyl (C=O) groups is 1. The first-order valence-electron chi connectivity index (χ1n) is 7.76. The van der Waals surface area contributed by atoms with Gasteiger partial charge in [-0.05, 0) is 43.2 Å². The third-order valence-corrected chi connectivity index (χ3v) is 6.14. The average Bonchev–Trinajstić information content (AvgIpc) is 3.05. The smallest absolute Gasteiger partial charge is 0.171 e. The van der Waals surface area contributed by atoms with Crippen LogP contribution in [0.3, 0.4) is 0 Å². The molecular formula is C17H20Cl2O2. The summed E-state index contributed by atoms with van der Waals surface area (Å²) in [6.45, 7) is 2.12. The quantitative estimate of drug-likeness (QED) is 0.805. The standard InChI is InChI=1S/C17H20Cl2O2/c1-2-7-17(11-5-3-4-6-11)9-10-8-12(20)14(18)15(19)13(10)16(17)21/h8,11,20H,2-7,9H2,1H3. The lowest BCUT2D eigenvalue weighted by Gasteiger charge is -2.33. The van der Waals surface area contributed by atoms with Crippen molar-refractivity contribution in [3.8, 4) is 5.75 Å². The Hall–Kier alpha value is -0.730. The number of fused-ring (bicyclic) bond motifs is 1. The number of Topliss-reactive ketones (excluding diaryl/α,β-unsaturated/α-hetero) is 1. The summed E-state index contributed by atoms with van der Waals surface area (Å²) in [6, 6.07) is 1.63. The molecular weight excluding hydrogens is 307 g/mol. The molecule has 2 aliphatic rings. The molecule has 0 bridgehead atoms. The molecule has 4 heteroatoms. The maximum Gasteiger partial charge on any atom is 0.171 e. The SMILES string of the molecule is CCCC1(C2CCCC2)Cc2cc(O)c(Cl)c(Cl)c2C1=O. The Morgan fingerprint density at radius 2 is 1.95 bits per heavy atom. The van der Waals surface area contributed by atoms with Crippen LogP contribution in [0, 0.1) is 11.3 Å². The summed E-state index contributed by atoms with van der Waals surface area (Å²) in [6.07, 6.45) is 7.23. The van der Waals surface area contributed by atoms with Gasteiger partial charge in [-0.2, -0.15) is 0 Å². The molecule has 2 nitrogen and oxygen atoms in total. The molecule has 1 fully saturated rings. The molecule has 1 atom stereocenters. The molecule has 1 N–H and O–H groups in total. The minimum absolute atomic E-state index is 0.0214. The van der Waals surface area contributed by atoms with Crippen molar-refractivity contribution in [2.24, 2.45) is 11.3 Å². The van der Waals surface area contributed by atoms with Crippen LogP contribution in [0.25, 0.3) is 0 Å². The predicted molar refractivity (Wildman–Crippen MR) is 85.5 cm³/mol. The number of phenols is 1. The highest BCUT2D eigenvalue weighted by Gasteiger charge is 2.51. The number of aromatic hydroxyl groups is 1. The van der Waals surface area contributed by atoms with Crippen LogP contribution < -0.4 is 0 Å². The number of hydrogen-bond acceptors (Lipinski definition) is 2. The van der Waals surface area contributed by atoms with Crippen LogP contribution >= 0.6 is 23.2 Å². The number of carbonyl (C=O) groups excluding carboxylic acids is 1. The van der Waals surface area contributed by atoms with Gasteiger partial charge in [-0.1, -0.05) is 49.4 Å². The summed E-state index contributed by atoms with van der Waals surface area (Å²) in [5.74, 6) is 0.569. The van der Waals surface area contributed by atoms with Gasteiger partial charge in [-0.15, -0.1) is 0 Å². The van der Waals surface area contributed by atoms with Gasteiger partial charge in [0.15, 0.2) is 5.78 Å². The van der Waals surface area contributed by atoms with E-state index < -0.39 is 0 Å². The second-order valence-corrected chi connectivity index (χ2v) is 7.21. The Morgan fingerprint density at radius 1 is 1.29 bits per heavy atom. The molecule has 2 aliphatic carbocycles. The number of rotatable bonds is 3. The lowest BCUT2D eigenvalue weighted by molar-refractivity contribution is 0.0676. The normalized spacial score (nSPS) is 25.6. The van der Waals surface area contributed by atoms with Crippen LogP contribution in [0.15, 0.2) is 6.07 Å². The molecule has 0 aromatic heterocycles. The summed E-state index contributed by atoms with van der Waals surface area (Å²) in [7, 11) is 0. The molecule has 1 aromatic carbocycles. The number of phenolic OH excluding ortho intramolecular Hbond substituents is 1. The van der Waals surface area contributed by atoms with Gasteiger partial charge in [-0.25, -0.2) is 0 Å². The summed E-state index contributed by atoms with van der Waals surface area (Å²) >= 11 is 12.3. The van der Waals surface area contributed by atoms with Crippen LogP contribution in [0.5, 0.6) is 5.75 Å². The fraction of sp³-hybridized carbons (Fsp3) is 0.588. The molecule has 0 aliphatic heterocycles. The lowest BCUT2D eigenvalue weighted by atomic mass is 9.68. The molecule has 1 unspecified atom stereocenters. The molecule has 0 heterocycles. The molecule has 1 aromatic rings. The van der Waals surface area contributed by atoms with E-state index in [4.69, 9.17) is 23.2 Å². The Bertz CT molecular complexity index is 591. The minimum atomic E-state index is -0.325. The minimum Gasteiger partial charge on any atom is -0.506 e. The summed E-state index contributed by atoms with van der Waals surface area (Å²) in [5, 5.41) is 10.2. The van der Waals surface area contributed by atoms with Crippen LogP contribution in [-0.2, 0) is 6.42 Å². The van der Waals surface area contributed by atoms with Crippen molar-refractivity contribution in [3.05, 3.63) is 27.2 Å². The van der Waals surface area contributed by atoms with E-state index in [0.717, 1.165) is 31.2 Å². The van der Waals surface area contributed by atoms with Crippen LogP contribution in [0.4, 0.5) is 0 Å². The molecule has 3 rings (SSSR count). The maximum atomic E-state index is 13.2. The van der Waals surface area contributed by atoms with Gasteiger partial charge >= 0.3 is 0 Å². The Kier molecular flexibility index (Phi) is 3.96. The van der Waals surface area contributed by atoms with Gasteiger partial charge in [0, 0.05) is 11.0 Å². The van der Waals surface area contributed by atoms with E-state index in [1.54, 1.807) is 6.07 Å². The Labute approximate surface area is 135 Å². The van der Waals surface area contributed by atoms with Crippen LogP contribution in [0.1, 0.15) is 61.4 Å². The van der Waals surface area contributed by atoms with Crippen molar-refractivity contribution in [3.63, 3.8) is 0 Å². The van der Waals surface area contributed by atoms with E-state index in [1.807, 2.05) is 0 Å². The van der Waals surface area contributed by atoms with Gasteiger partial charge in [0.2, 0.25) is 0 Å². The van der Waals surface area contributed by atoms with E-state index in [0.29, 0.717) is 17.9 Å². The average molecular weight is 327 g/mol. The van der Waals surface area contributed by atoms with Crippen molar-refractivity contribution in [1.82, 2.24) is 0 Å². The van der Waals surface area contributed by atoms with Crippen molar-refractivity contribution in [1.29, 1.82) is 0 Å². The van der Waals surface area contributed by atoms with Crippen molar-refractivity contribution in [2.75, 3.05) is 0 Å². The first-order chi connectivity index (χ1) is 10.0. The van der Waals surface area contributed by atoms with E-state index in [9.17, 15) is 9.90 Å². The number of ketones is 1. The fourth-order valence-electron chi connectivity index (χ4n) is 4.38. The van der Waals surface area contributed by atoms with E-state index in [-0.39, 0.29) is 27.0 Å². The summed E-state index contributed by atoms with van der Waals surface area (Å²) in [5.41, 5.74) is 1.10. The number of benzene rings is 1. The Morgan fingerprint density at radius 3 is 2.57 bits per heavy atom. The third-order valence-electron chi connectivity index (χ3n) is 5.29. The number of hydrogen-bond donors (Lipinski definition) is 1. The second-order valence-electron chi connectivity index (χ2n) is 6.45. The molecule has 0 amide bonds. The second kappa shape index (κ2) is 5.48. The van der Waals surface area contributed by atoms with E-state index in [2.05, 4.69) is 6.92 Å². The molecule has 0 radical (unpaired) electrons. The zero-order valence-corrected chi connectivity index (χ0v) is 13.7. The zero-order chi connectivity index (χ0) is 15.2. The molecule has 0 saturated heterocycles. The van der Waals surface area contributed by atoms with Crippen LogP contribution in [0.2, 0.25) is 10.0 Å². The largest absolute Gasteiger partial charge is 0.506 e. The highest BCUT2D eigenvalue weighted by molar-refractivity contribution is 6.45. The zero-order valence-electron chi connectivity index (χ0n) is 12.2. The van der Waals surface area contributed by atoms with Gasteiger partial charge in [0.1, 0.15) is 10.8 Å². The summed E-state index contributed by atoms with van der Waals surface area (Å²) in [4.78, 5) is 13.2. The van der Waals surface area contributed by atoms with Crippen molar-refractivity contribution in [2.45, 2.75) is 51.9 Å². The first kappa shape index (κ1) is 15.2. The highest BCUT2D eigenvalue weighted by atomic mass is 35.5. The van der Waals surface area contributed by atoms with Crippen molar-refractivity contribution < 1.29 is 9.90 Å². The molecule has 21 heavy (non-hydrogen) atoms. The predicted octanol–water partition coefficient (Wildman–Crippen LogP) is 5.41. The fourth-order valence-corrected chi connectivity index (χ4v) is 4.83. The molecule has 114 valence electrons. The maximum absolute atomic E-state index is 13.2. The summed E-state index contributed by atoms with van der Waals surface area (Å²) < 4.78 is 0. The van der Waals surface area contributed by atoms with E-state index >= 15 is 0 Å². The monoisotopic (exact) mass is 326 g/mol. The topological polar surface area (TPSA) is 37.3 Å².